The van der Waals surface area contributed by atoms with Crippen molar-refractivity contribution in [1.82, 2.24) is 30.0 Å². The lowest BCUT2D eigenvalue weighted by atomic mass is 9.84. The lowest BCUT2D eigenvalue weighted by Gasteiger charge is -2.26. The van der Waals surface area contributed by atoms with Crippen molar-refractivity contribution in [2.24, 2.45) is 18.9 Å². The normalized spacial score (nSPS) is 19.6. The van der Waals surface area contributed by atoms with Crippen molar-refractivity contribution in [3.05, 3.63) is 70.4 Å². The molecule has 41 heavy (non-hydrogen) atoms. The van der Waals surface area contributed by atoms with Crippen molar-refractivity contribution < 1.29 is 23.8 Å². The molecule has 212 valence electrons. The molecule has 10 nitrogen and oxygen atoms in total. The highest BCUT2D eigenvalue weighted by atomic mass is 32.1. The van der Waals surface area contributed by atoms with Gasteiger partial charge in [-0.15, -0.1) is 11.3 Å². The molecule has 4 heterocycles. The van der Waals surface area contributed by atoms with Gasteiger partial charge < -0.3 is 20.1 Å². The van der Waals surface area contributed by atoms with Crippen molar-refractivity contribution in [3.63, 3.8) is 0 Å². The van der Waals surface area contributed by atoms with Crippen molar-refractivity contribution in [2.45, 2.75) is 25.4 Å². The number of nitrogens with one attached hydrogen (secondary N) is 1. The monoisotopic (exact) mass is 576 g/mol. The fraction of sp³-hybridized carbons (Fsp3) is 0.345. The highest BCUT2D eigenvalue weighted by Gasteiger charge is 2.59. The van der Waals surface area contributed by atoms with E-state index in [0.29, 0.717) is 36.1 Å². The van der Waals surface area contributed by atoms with Crippen molar-refractivity contribution >= 4 is 23.3 Å². The maximum atomic E-state index is 13.6. The van der Waals surface area contributed by atoms with Crippen molar-refractivity contribution in [3.8, 4) is 28.5 Å². The number of thiazole rings is 1. The second-order valence-corrected chi connectivity index (χ2v) is 11.9. The van der Waals surface area contributed by atoms with E-state index >= 15 is 0 Å². The number of hydrogen-bond acceptors (Lipinski definition) is 7. The number of rotatable bonds is 8. The maximum absolute atomic E-state index is 13.6. The molecule has 0 radical (unpaired) electrons. The third-order valence-electron chi connectivity index (χ3n) is 7.86. The summed E-state index contributed by atoms with van der Waals surface area (Å²) in [5.41, 5.74) is 5.29. The number of amides is 2. The first-order chi connectivity index (χ1) is 19.6. The molecule has 4 aromatic rings. The van der Waals surface area contributed by atoms with Gasteiger partial charge in [-0.3, -0.25) is 9.48 Å². The van der Waals surface area contributed by atoms with Crippen LogP contribution < -0.4 is 10.1 Å². The summed E-state index contributed by atoms with van der Waals surface area (Å²) in [6.07, 6.45) is -1.18. The second-order valence-electron chi connectivity index (χ2n) is 11.2. The Labute approximate surface area is 239 Å². The lowest BCUT2D eigenvalue weighted by molar-refractivity contribution is 0.0740. The van der Waals surface area contributed by atoms with Crippen LogP contribution in [-0.4, -0.2) is 67.5 Å². The molecule has 0 spiro atoms. The quantitative estimate of drug-likeness (QED) is 0.318. The number of benzene rings is 1. The van der Waals surface area contributed by atoms with Gasteiger partial charge in [0.25, 0.3) is 5.91 Å². The lowest BCUT2D eigenvalue weighted by Crippen LogP contribution is -2.36. The number of aromatic nitrogens is 4. The minimum atomic E-state index is -1.10. The van der Waals surface area contributed by atoms with Crippen LogP contribution in [0.4, 0.5) is 9.18 Å². The number of ether oxygens (including phenoxy) is 1. The smallest absolute Gasteiger partial charge is 0.404 e. The fourth-order valence-electron chi connectivity index (χ4n) is 5.37. The molecule has 2 fully saturated rings. The van der Waals surface area contributed by atoms with Gasteiger partial charge in [-0.25, -0.2) is 19.2 Å². The van der Waals surface area contributed by atoms with Gasteiger partial charge in [-0.2, -0.15) is 5.10 Å². The molecule has 1 unspecified atom stereocenters. The third kappa shape index (κ3) is 5.39. The summed E-state index contributed by atoms with van der Waals surface area (Å²) >= 11 is 1.48. The molecular weight excluding hydrogens is 547 g/mol. The number of halogens is 1. The Kier molecular flexibility index (Phi) is 6.72. The summed E-state index contributed by atoms with van der Waals surface area (Å²) in [7, 11) is 1.76. The second kappa shape index (κ2) is 10.3. The van der Waals surface area contributed by atoms with Gasteiger partial charge in [0.1, 0.15) is 29.0 Å². The molecule has 6 rings (SSSR count). The SMILES string of the molecule is Cn1nc(-c2cscn2)cc1C(=O)N1C[C@@H]2C(Oc3cc(C(C)(C)CNC(=O)O)cc(-c4ccc(F)cc4)n3)[C@@H]2C1. The zero-order valence-electron chi connectivity index (χ0n) is 22.7. The van der Waals surface area contributed by atoms with Crippen LogP contribution in [0.2, 0.25) is 0 Å². The standard InChI is InChI=1S/C29H29FN6O4S/c1-29(2,14-31-28(38)39)17-8-21(16-4-6-18(30)7-5-16)33-25(9-17)40-26-19-11-36(12-20(19)26)27(37)24-10-22(34-35(24)3)23-13-41-15-32-23/h4-10,13,15,19-20,26,31H,11-12,14H2,1-3H3,(H,38,39)/t19-,20+,26?. The largest absolute Gasteiger partial charge is 0.474 e. The van der Waals surface area contributed by atoms with Crippen molar-refractivity contribution in [2.75, 3.05) is 19.6 Å². The van der Waals surface area contributed by atoms with Gasteiger partial charge in [0.15, 0.2) is 0 Å². The number of carboxylic acid groups (broad SMARTS) is 1. The molecule has 3 atom stereocenters. The Morgan fingerprint density at radius 2 is 1.85 bits per heavy atom. The molecule has 1 aromatic carbocycles. The molecule has 1 saturated carbocycles. The van der Waals surface area contributed by atoms with E-state index in [0.717, 1.165) is 16.8 Å². The van der Waals surface area contributed by atoms with Gasteiger partial charge in [0.05, 0.1) is 11.2 Å². The molecule has 12 heteroatoms. The van der Waals surface area contributed by atoms with Gasteiger partial charge in [0, 0.05) is 60.9 Å². The summed E-state index contributed by atoms with van der Waals surface area (Å²) in [6, 6.07) is 11.6. The number of carbonyl (C=O) groups excluding carboxylic acids is 1. The van der Waals surface area contributed by atoms with E-state index in [4.69, 9.17) is 14.8 Å². The molecule has 1 aliphatic heterocycles. The molecule has 3 aromatic heterocycles. The van der Waals surface area contributed by atoms with Gasteiger partial charge in [-0.1, -0.05) is 13.8 Å². The summed E-state index contributed by atoms with van der Waals surface area (Å²) in [5.74, 6) is 0.377. The fourth-order valence-corrected chi connectivity index (χ4v) is 5.91. The zero-order chi connectivity index (χ0) is 28.9. The summed E-state index contributed by atoms with van der Waals surface area (Å²) in [5, 5.41) is 17.9. The van der Waals surface area contributed by atoms with Crippen molar-refractivity contribution in [1.29, 1.82) is 0 Å². The van der Waals surface area contributed by atoms with E-state index in [2.05, 4.69) is 15.4 Å². The molecule has 1 saturated heterocycles. The minimum Gasteiger partial charge on any atom is -0.474 e. The number of fused-ring (bicyclic) bond motifs is 1. The van der Waals surface area contributed by atoms with Crippen LogP contribution in [0.5, 0.6) is 5.88 Å². The van der Waals surface area contributed by atoms with Crippen LogP contribution in [0.1, 0.15) is 29.9 Å². The summed E-state index contributed by atoms with van der Waals surface area (Å²) in [4.78, 5) is 35.3. The maximum Gasteiger partial charge on any atom is 0.404 e. The van der Waals surface area contributed by atoms with Crippen LogP contribution in [0.15, 0.2) is 53.4 Å². The van der Waals surface area contributed by atoms with E-state index in [1.165, 1.54) is 23.5 Å². The van der Waals surface area contributed by atoms with Crippen LogP contribution in [0, 0.1) is 17.7 Å². The van der Waals surface area contributed by atoms with Crippen LogP contribution >= 0.6 is 11.3 Å². The number of hydrogen-bond donors (Lipinski definition) is 2. The number of carbonyl (C=O) groups is 2. The topological polar surface area (TPSA) is 122 Å². The first-order valence-electron chi connectivity index (χ1n) is 13.2. The molecule has 0 bridgehead atoms. The molecule has 2 N–H and O–H groups in total. The predicted octanol–water partition coefficient (Wildman–Crippen LogP) is 4.44. The van der Waals surface area contributed by atoms with E-state index in [9.17, 15) is 14.0 Å². The molecular formula is C29H29FN6O4S. The number of likely N-dealkylation sites (tertiary alicyclic amines) is 1. The Morgan fingerprint density at radius 3 is 2.51 bits per heavy atom. The van der Waals surface area contributed by atoms with Crippen LogP contribution in [-0.2, 0) is 12.5 Å². The number of nitrogens with zero attached hydrogens (tertiary/aromatic N) is 5. The molecule has 2 amide bonds. The summed E-state index contributed by atoms with van der Waals surface area (Å²) < 4.78 is 21.5. The Bertz CT molecular complexity index is 1590. The highest BCUT2D eigenvalue weighted by molar-refractivity contribution is 7.07. The van der Waals surface area contributed by atoms with E-state index in [1.54, 1.807) is 35.4 Å². The van der Waals surface area contributed by atoms with E-state index < -0.39 is 11.5 Å². The predicted molar refractivity (Wildman–Crippen MR) is 150 cm³/mol. The molecule has 2 aliphatic rings. The average Bonchev–Trinajstić information content (AvgIpc) is 3.45. The first-order valence-corrected chi connectivity index (χ1v) is 14.2. The van der Waals surface area contributed by atoms with E-state index in [1.807, 2.05) is 36.3 Å². The van der Waals surface area contributed by atoms with Gasteiger partial charge in [-0.05, 0) is 42.0 Å². The number of aryl methyl sites for hydroxylation is 1. The Balaban J connectivity index is 1.18. The summed E-state index contributed by atoms with van der Waals surface area (Å²) in [6.45, 7) is 5.21. The van der Waals surface area contributed by atoms with Crippen LogP contribution in [0.25, 0.3) is 22.6 Å². The highest BCUT2D eigenvalue weighted by Crippen LogP contribution is 2.48. The number of piperidine rings is 1. The first kappa shape index (κ1) is 26.9. The third-order valence-corrected chi connectivity index (χ3v) is 8.44. The minimum absolute atomic E-state index is 0.0705. The van der Waals surface area contributed by atoms with Gasteiger partial charge >= 0.3 is 6.09 Å². The van der Waals surface area contributed by atoms with E-state index in [-0.39, 0.29) is 36.2 Å². The molecule has 1 aliphatic carbocycles. The zero-order valence-corrected chi connectivity index (χ0v) is 23.6. The average molecular weight is 577 g/mol. The van der Waals surface area contributed by atoms with Gasteiger partial charge in [0.2, 0.25) is 5.88 Å². The Morgan fingerprint density at radius 1 is 1.12 bits per heavy atom. The van der Waals surface area contributed by atoms with Crippen LogP contribution in [0.3, 0.4) is 0 Å². The Hall–Kier alpha value is -4.32. The number of pyridine rings is 1.